The van der Waals surface area contributed by atoms with E-state index in [1.165, 1.54) is 12.3 Å². The first kappa shape index (κ1) is 24.4. The molecular weight excluding hydrogens is 449 g/mol. The SMILES string of the molecule is CCOc1nc(C2CC2)c(C=NO)n1Cc1ccc(-c2ccccc2C(=O)OC(C)(C)C)cc1F. The van der Waals surface area contributed by atoms with Crippen molar-refractivity contribution in [3.63, 3.8) is 0 Å². The van der Waals surface area contributed by atoms with E-state index in [0.717, 1.165) is 18.5 Å². The molecule has 2 aromatic carbocycles. The lowest BCUT2D eigenvalue weighted by atomic mass is 9.98. The van der Waals surface area contributed by atoms with Gasteiger partial charge in [-0.1, -0.05) is 35.5 Å². The van der Waals surface area contributed by atoms with Crippen LogP contribution >= 0.6 is 0 Å². The van der Waals surface area contributed by atoms with Crippen molar-refractivity contribution in [2.24, 2.45) is 5.16 Å². The molecule has 1 aromatic heterocycles. The fourth-order valence-corrected chi connectivity index (χ4v) is 3.96. The van der Waals surface area contributed by atoms with Gasteiger partial charge in [0.1, 0.15) is 11.4 Å². The lowest BCUT2D eigenvalue weighted by molar-refractivity contribution is 0.00704. The quantitative estimate of drug-likeness (QED) is 0.192. The van der Waals surface area contributed by atoms with E-state index in [9.17, 15) is 10.0 Å². The summed E-state index contributed by atoms with van der Waals surface area (Å²) in [6, 6.07) is 12.2. The second-order valence-electron chi connectivity index (χ2n) is 9.56. The first-order valence-electron chi connectivity index (χ1n) is 11.7. The fourth-order valence-electron chi connectivity index (χ4n) is 3.96. The Morgan fingerprint density at radius 1 is 1.26 bits per heavy atom. The zero-order valence-electron chi connectivity index (χ0n) is 20.4. The van der Waals surface area contributed by atoms with Crippen LogP contribution in [0.5, 0.6) is 6.01 Å². The lowest BCUT2D eigenvalue weighted by Gasteiger charge is -2.20. The molecule has 35 heavy (non-hydrogen) atoms. The number of esters is 1. The maximum atomic E-state index is 15.4. The van der Waals surface area contributed by atoms with Crippen LogP contribution in [0.15, 0.2) is 47.6 Å². The minimum absolute atomic E-state index is 0.149. The summed E-state index contributed by atoms with van der Waals surface area (Å²) in [5.74, 6) is -0.601. The molecule has 0 atom stereocenters. The number of aromatic nitrogens is 2. The number of imidazole rings is 1. The number of benzene rings is 2. The van der Waals surface area contributed by atoms with Crippen LogP contribution in [0.2, 0.25) is 0 Å². The largest absolute Gasteiger partial charge is 0.465 e. The summed E-state index contributed by atoms with van der Waals surface area (Å²) in [6.45, 7) is 7.82. The predicted molar refractivity (Wildman–Crippen MR) is 131 cm³/mol. The normalized spacial score (nSPS) is 13.9. The van der Waals surface area contributed by atoms with Gasteiger partial charge in [-0.05, 0) is 63.8 Å². The van der Waals surface area contributed by atoms with Crippen LogP contribution in [-0.2, 0) is 11.3 Å². The molecule has 1 aliphatic carbocycles. The Labute approximate surface area is 204 Å². The highest BCUT2D eigenvalue weighted by molar-refractivity contribution is 5.97. The van der Waals surface area contributed by atoms with Crippen molar-refractivity contribution in [1.29, 1.82) is 0 Å². The maximum absolute atomic E-state index is 15.4. The Morgan fingerprint density at radius 3 is 2.63 bits per heavy atom. The number of ether oxygens (including phenoxy) is 2. The third-order valence-corrected chi connectivity index (χ3v) is 5.66. The van der Waals surface area contributed by atoms with Crippen molar-refractivity contribution in [2.45, 2.75) is 58.6 Å². The number of carbonyl (C=O) groups excluding carboxylic acids is 1. The third kappa shape index (κ3) is 5.53. The molecule has 184 valence electrons. The first-order chi connectivity index (χ1) is 16.7. The molecule has 1 N–H and O–H groups in total. The molecule has 0 spiro atoms. The highest BCUT2D eigenvalue weighted by Crippen LogP contribution is 2.42. The van der Waals surface area contributed by atoms with Crippen molar-refractivity contribution in [3.8, 4) is 17.1 Å². The van der Waals surface area contributed by atoms with Gasteiger partial charge >= 0.3 is 5.97 Å². The molecule has 7 nitrogen and oxygen atoms in total. The Bertz CT molecular complexity index is 1260. The Hall–Kier alpha value is -3.68. The average Bonchev–Trinajstić information content (AvgIpc) is 3.59. The summed E-state index contributed by atoms with van der Waals surface area (Å²) < 4.78 is 28.3. The summed E-state index contributed by atoms with van der Waals surface area (Å²) in [5, 5.41) is 12.4. The topological polar surface area (TPSA) is 85.9 Å². The summed E-state index contributed by atoms with van der Waals surface area (Å²) in [6.07, 6.45) is 3.34. The van der Waals surface area contributed by atoms with Gasteiger partial charge in [-0.25, -0.2) is 9.18 Å². The lowest BCUT2D eigenvalue weighted by Crippen LogP contribution is -2.24. The molecule has 0 aliphatic heterocycles. The maximum Gasteiger partial charge on any atom is 0.339 e. The van der Waals surface area contributed by atoms with E-state index >= 15 is 4.39 Å². The monoisotopic (exact) mass is 479 g/mol. The van der Waals surface area contributed by atoms with Crippen molar-refractivity contribution in [2.75, 3.05) is 6.61 Å². The minimum Gasteiger partial charge on any atom is -0.465 e. The molecule has 0 amide bonds. The summed E-state index contributed by atoms with van der Waals surface area (Å²) >= 11 is 0. The molecule has 0 bridgehead atoms. The van der Waals surface area contributed by atoms with Gasteiger partial charge in [0.05, 0.1) is 36.3 Å². The number of hydrogen-bond donors (Lipinski definition) is 1. The van der Waals surface area contributed by atoms with Crippen molar-refractivity contribution in [1.82, 2.24) is 9.55 Å². The second kappa shape index (κ2) is 9.90. The van der Waals surface area contributed by atoms with Gasteiger partial charge in [0, 0.05) is 11.5 Å². The molecular formula is C27H30FN3O4. The van der Waals surface area contributed by atoms with E-state index in [4.69, 9.17) is 9.47 Å². The predicted octanol–water partition coefficient (Wildman–Crippen LogP) is 5.78. The van der Waals surface area contributed by atoms with Crippen molar-refractivity contribution < 1.29 is 23.9 Å². The molecule has 1 saturated carbocycles. The number of rotatable bonds is 8. The zero-order valence-corrected chi connectivity index (χ0v) is 20.4. The fraction of sp³-hybridized carbons (Fsp3) is 0.370. The van der Waals surface area contributed by atoms with E-state index in [1.807, 2.05) is 6.92 Å². The molecule has 0 unspecified atom stereocenters. The summed E-state index contributed by atoms with van der Waals surface area (Å²) in [4.78, 5) is 17.3. The Morgan fingerprint density at radius 2 is 2.00 bits per heavy atom. The van der Waals surface area contributed by atoms with Gasteiger partial charge in [-0.15, -0.1) is 0 Å². The van der Waals surface area contributed by atoms with E-state index in [-0.39, 0.29) is 6.54 Å². The smallest absolute Gasteiger partial charge is 0.339 e. The number of halogens is 1. The number of hydrogen-bond acceptors (Lipinski definition) is 6. The van der Waals surface area contributed by atoms with E-state index in [1.54, 1.807) is 61.7 Å². The van der Waals surface area contributed by atoms with Gasteiger partial charge in [0.2, 0.25) is 0 Å². The van der Waals surface area contributed by atoms with E-state index in [2.05, 4.69) is 10.1 Å². The molecule has 0 radical (unpaired) electrons. The molecule has 1 aliphatic rings. The average molecular weight is 480 g/mol. The van der Waals surface area contributed by atoms with Crippen LogP contribution in [0.25, 0.3) is 11.1 Å². The van der Waals surface area contributed by atoms with Crippen LogP contribution in [-0.4, -0.2) is 39.2 Å². The van der Waals surface area contributed by atoms with Gasteiger partial charge in [-0.3, -0.25) is 4.57 Å². The van der Waals surface area contributed by atoms with Crippen LogP contribution in [0.3, 0.4) is 0 Å². The van der Waals surface area contributed by atoms with Crippen molar-refractivity contribution in [3.05, 3.63) is 70.8 Å². The van der Waals surface area contributed by atoms with E-state index < -0.39 is 17.4 Å². The van der Waals surface area contributed by atoms with Crippen LogP contribution in [0.1, 0.15) is 73.8 Å². The molecule has 0 saturated heterocycles. The number of nitrogens with zero attached hydrogens (tertiary/aromatic N) is 3. The van der Waals surface area contributed by atoms with Gasteiger partial charge < -0.3 is 14.7 Å². The standard InChI is InChI=1S/C27H30FN3O4/c1-5-34-26-30-24(17-10-11-17)23(15-29-33)31(26)16-19-13-12-18(14-22(19)28)20-8-6-7-9-21(20)25(32)35-27(2,3)4/h6-9,12-15,17,33H,5,10-11,16H2,1-4H3. The number of carbonyl (C=O) groups is 1. The molecule has 8 heteroatoms. The molecule has 4 rings (SSSR count). The van der Waals surface area contributed by atoms with Gasteiger partial charge in [-0.2, -0.15) is 4.98 Å². The van der Waals surface area contributed by atoms with E-state index in [0.29, 0.717) is 46.5 Å². The number of oxime groups is 1. The highest BCUT2D eigenvalue weighted by Gasteiger charge is 2.32. The zero-order chi connectivity index (χ0) is 25.2. The highest BCUT2D eigenvalue weighted by atomic mass is 19.1. The summed E-state index contributed by atoms with van der Waals surface area (Å²) in [7, 11) is 0. The molecule has 1 fully saturated rings. The van der Waals surface area contributed by atoms with Crippen LogP contribution < -0.4 is 4.74 Å². The Balaban J connectivity index is 1.68. The molecule has 1 heterocycles. The van der Waals surface area contributed by atoms with Gasteiger partial charge in [0.25, 0.3) is 6.01 Å². The second-order valence-corrected chi connectivity index (χ2v) is 9.56. The van der Waals surface area contributed by atoms with Crippen molar-refractivity contribution >= 4 is 12.2 Å². The van der Waals surface area contributed by atoms with Gasteiger partial charge in [0.15, 0.2) is 0 Å². The third-order valence-electron chi connectivity index (χ3n) is 5.66. The van der Waals surface area contributed by atoms with Crippen LogP contribution in [0.4, 0.5) is 4.39 Å². The molecule has 3 aromatic rings. The minimum atomic E-state index is -0.642. The Kier molecular flexibility index (Phi) is 6.91. The van der Waals surface area contributed by atoms with Crippen LogP contribution in [0, 0.1) is 5.82 Å². The summed E-state index contributed by atoms with van der Waals surface area (Å²) in [5.41, 5.74) is 2.71. The first-order valence-corrected chi connectivity index (χ1v) is 11.7.